The number of thiophene rings is 1. The number of fused-ring (bicyclic) bond motifs is 1. The molecule has 5 nitrogen and oxygen atoms in total. The summed E-state index contributed by atoms with van der Waals surface area (Å²) < 4.78 is 5.54. The van der Waals surface area contributed by atoms with E-state index in [1.807, 2.05) is 32.0 Å². The second kappa shape index (κ2) is 8.67. The molecule has 2 amide bonds. The SMILES string of the molecule is CC(C)OCc1ccc(C(=O)NNC(=O)c2cc3c(s2)CC[C@@H](C)C3)cc1. The molecule has 27 heavy (non-hydrogen) atoms. The molecule has 2 aromatic rings. The molecule has 6 heteroatoms. The highest BCUT2D eigenvalue weighted by molar-refractivity contribution is 7.14. The maximum atomic E-state index is 12.4. The Balaban J connectivity index is 1.53. The van der Waals surface area contributed by atoms with Crippen LogP contribution in [-0.4, -0.2) is 17.9 Å². The number of aryl methyl sites for hydroxylation is 1. The van der Waals surface area contributed by atoms with Crippen molar-refractivity contribution in [1.82, 2.24) is 10.9 Å². The third-order valence-electron chi connectivity index (χ3n) is 4.64. The lowest BCUT2D eigenvalue weighted by molar-refractivity contribution is 0.0656. The first-order chi connectivity index (χ1) is 12.9. The minimum Gasteiger partial charge on any atom is -0.374 e. The van der Waals surface area contributed by atoms with Crippen LogP contribution in [0.1, 0.15) is 63.2 Å². The van der Waals surface area contributed by atoms with E-state index in [1.165, 1.54) is 28.2 Å². The smallest absolute Gasteiger partial charge is 0.279 e. The molecule has 0 spiro atoms. The van der Waals surface area contributed by atoms with Crippen molar-refractivity contribution in [2.75, 3.05) is 0 Å². The summed E-state index contributed by atoms with van der Waals surface area (Å²) in [5.41, 5.74) is 7.78. The average Bonchev–Trinajstić information content (AvgIpc) is 3.07. The molecule has 1 aromatic carbocycles. The highest BCUT2D eigenvalue weighted by Crippen LogP contribution is 2.32. The highest BCUT2D eigenvalue weighted by atomic mass is 32.1. The van der Waals surface area contributed by atoms with Gasteiger partial charge >= 0.3 is 0 Å². The predicted octanol–water partition coefficient (Wildman–Crippen LogP) is 3.87. The first-order valence-corrected chi connectivity index (χ1v) is 10.2. The summed E-state index contributed by atoms with van der Waals surface area (Å²) in [4.78, 5) is 26.5. The van der Waals surface area contributed by atoms with Gasteiger partial charge in [-0.05, 0) is 68.4 Å². The largest absolute Gasteiger partial charge is 0.374 e. The van der Waals surface area contributed by atoms with Crippen molar-refractivity contribution in [3.63, 3.8) is 0 Å². The Labute approximate surface area is 164 Å². The van der Waals surface area contributed by atoms with Crippen LogP contribution in [0.15, 0.2) is 30.3 Å². The fourth-order valence-electron chi connectivity index (χ4n) is 3.08. The molecule has 0 fully saturated rings. The van der Waals surface area contributed by atoms with E-state index in [9.17, 15) is 9.59 Å². The van der Waals surface area contributed by atoms with Gasteiger partial charge in [0.15, 0.2) is 0 Å². The van der Waals surface area contributed by atoms with Gasteiger partial charge in [0, 0.05) is 10.4 Å². The molecule has 1 atom stereocenters. The first kappa shape index (κ1) is 19.6. The zero-order chi connectivity index (χ0) is 19.4. The summed E-state index contributed by atoms with van der Waals surface area (Å²) >= 11 is 1.53. The van der Waals surface area contributed by atoms with Gasteiger partial charge in [-0.2, -0.15) is 0 Å². The van der Waals surface area contributed by atoms with Crippen molar-refractivity contribution in [2.45, 2.75) is 52.7 Å². The molecule has 1 aliphatic rings. The quantitative estimate of drug-likeness (QED) is 0.767. The minimum atomic E-state index is -0.338. The summed E-state index contributed by atoms with van der Waals surface area (Å²) in [5.74, 6) is 0.0589. The van der Waals surface area contributed by atoms with E-state index >= 15 is 0 Å². The molecule has 0 saturated carbocycles. The van der Waals surface area contributed by atoms with Crippen LogP contribution in [0.2, 0.25) is 0 Å². The van der Waals surface area contributed by atoms with E-state index in [4.69, 9.17) is 4.74 Å². The predicted molar refractivity (Wildman–Crippen MR) is 107 cm³/mol. The lowest BCUT2D eigenvalue weighted by Gasteiger charge is -2.16. The minimum absolute atomic E-state index is 0.161. The number of hydrogen-bond donors (Lipinski definition) is 2. The molecule has 0 saturated heterocycles. The molecule has 0 aliphatic heterocycles. The van der Waals surface area contributed by atoms with Crippen molar-refractivity contribution in [1.29, 1.82) is 0 Å². The van der Waals surface area contributed by atoms with E-state index in [0.29, 0.717) is 23.0 Å². The molecule has 2 N–H and O–H groups in total. The van der Waals surface area contributed by atoms with Crippen LogP contribution in [0.5, 0.6) is 0 Å². The Kier molecular flexibility index (Phi) is 6.29. The number of ether oxygens (including phenoxy) is 1. The Morgan fingerprint density at radius 1 is 1.19 bits per heavy atom. The average molecular weight is 387 g/mol. The van der Waals surface area contributed by atoms with Crippen LogP contribution in [0.25, 0.3) is 0 Å². The number of carbonyl (C=O) groups excluding carboxylic acids is 2. The maximum Gasteiger partial charge on any atom is 0.279 e. The number of carbonyl (C=O) groups is 2. The van der Waals surface area contributed by atoms with Gasteiger partial charge in [0.1, 0.15) is 0 Å². The zero-order valence-electron chi connectivity index (χ0n) is 16.0. The Morgan fingerprint density at radius 2 is 1.89 bits per heavy atom. The van der Waals surface area contributed by atoms with Crippen LogP contribution in [-0.2, 0) is 24.2 Å². The van der Waals surface area contributed by atoms with Crippen molar-refractivity contribution < 1.29 is 14.3 Å². The Morgan fingerprint density at radius 3 is 2.59 bits per heavy atom. The van der Waals surface area contributed by atoms with Crippen LogP contribution in [0, 0.1) is 5.92 Å². The van der Waals surface area contributed by atoms with Gasteiger partial charge in [-0.15, -0.1) is 11.3 Å². The molecular weight excluding hydrogens is 360 g/mol. The summed E-state index contributed by atoms with van der Waals surface area (Å²) in [5, 5.41) is 0. The van der Waals surface area contributed by atoms with Gasteiger partial charge in [-0.25, -0.2) is 0 Å². The molecule has 3 rings (SSSR count). The highest BCUT2D eigenvalue weighted by Gasteiger charge is 2.21. The molecule has 0 unspecified atom stereocenters. The summed E-state index contributed by atoms with van der Waals surface area (Å²) in [6.45, 7) is 6.71. The van der Waals surface area contributed by atoms with Gasteiger partial charge in [-0.3, -0.25) is 20.4 Å². The van der Waals surface area contributed by atoms with E-state index in [2.05, 4.69) is 17.8 Å². The third-order valence-corrected chi connectivity index (χ3v) is 5.88. The number of nitrogens with one attached hydrogen (secondary N) is 2. The van der Waals surface area contributed by atoms with Crippen molar-refractivity contribution in [3.8, 4) is 0 Å². The number of benzene rings is 1. The van der Waals surface area contributed by atoms with Crippen molar-refractivity contribution >= 4 is 23.2 Å². The topological polar surface area (TPSA) is 67.4 Å². The summed E-state index contributed by atoms with van der Waals surface area (Å²) in [7, 11) is 0. The van der Waals surface area contributed by atoms with Gasteiger partial charge in [0.25, 0.3) is 11.8 Å². The van der Waals surface area contributed by atoms with Crippen LogP contribution in [0.4, 0.5) is 0 Å². The van der Waals surface area contributed by atoms with Crippen LogP contribution >= 0.6 is 11.3 Å². The Bertz CT molecular complexity index is 811. The summed E-state index contributed by atoms with van der Waals surface area (Å²) in [6, 6.07) is 9.12. The van der Waals surface area contributed by atoms with Crippen LogP contribution in [0.3, 0.4) is 0 Å². The van der Waals surface area contributed by atoms with Gasteiger partial charge in [-0.1, -0.05) is 19.1 Å². The van der Waals surface area contributed by atoms with Crippen molar-refractivity contribution in [3.05, 3.63) is 56.8 Å². The molecule has 0 bridgehead atoms. The second-order valence-corrected chi connectivity index (χ2v) is 8.51. The molecule has 144 valence electrons. The third kappa shape index (κ3) is 5.17. The first-order valence-electron chi connectivity index (χ1n) is 9.35. The summed E-state index contributed by atoms with van der Waals surface area (Å²) in [6.07, 6.45) is 3.39. The van der Waals surface area contributed by atoms with Crippen molar-refractivity contribution in [2.24, 2.45) is 5.92 Å². The Hall–Kier alpha value is -2.18. The molecule has 1 heterocycles. The molecule has 1 aromatic heterocycles. The van der Waals surface area contributed by atoms with Gasteiger partial charge in [0.2, 0.25) is 0 Å². The molecule has 1 aliphatic carbocycles. The molecular formula is C21H26N2O3S. The van der Waals surface area contributed by atoms with E-state index in [0.717, 1.165) is 18.4 Å². The van der Waals surface area contributed by atoms with Crippen LogP contribution < -0.4 is 10.9 Å². The standard InChI is InChI=1S/C21H26N2O3S/c1-13(2)26-12-15-5-7-16(8-6-15)20(24)22-23-21(25)19-11-17-10-14(3)4-9-18(17)27-19/h5-8,11,13-14H,4,9-10,12H2,1-3H3,(H,22,24)(H,23,25)/t14-/m1/s1. The van der Waals surface area contributed by atoms with E-state index < -0.39 is 0 Å². The van der Waals surface area contributed by atoms with E-state index in [-0.39, 0.29) is 17.9 Å². The second-order valence-electron chi connectivity index (χ2n) is 7.37. The maximum absolute atomic E-state index is 12.4. The van der Waals surface area contributed by atoms with Gasteiger partial charge < -0.3 is 4.74 Å². The number of hydrazine groups is 1. The zero-order valence-corrected chi connectivity index (χ0v) is 16.8. The number of hydrogen-bond acceptors (Lipinski definition) is 4. The molecule has 0 radical (unpaired) electrons. The monoisotopic (exact) mass is 386 g/mol. The number of amides is 2. The lowest BCUT2D eigenvalue weighted by atomic mass is 9.90. The fourth-order valence-corrected chi connectivity index (χ4v) is 4.18. The van der Waals surface area contributed by atoms with Gasteiger partial charge in [0.05, 0.1) is 17.6 Å². The normalized spacial score (nSPS) is 16.1. The fraction of sp³-hybridized carbons (Fsp3) is 0.429. The number of rotatable bonds is 5. The lowest BCUT2D eigenvalue weighted by Crippen LogP contribution is -2.41. The van der Waals surface area contributed by atoms with E-state index in [1.54, 1.807) is 12.1 Å².